The van der Waals surface area contributed by atoms with Gasteiger partial charge in [-0.15, -0.1) is 12.4 Å². The summed E-state index contributed by atoms with van der Waals surface area (Å²) in [5, 5.41) is 9.34. The summed E-state index contributed by atoms with van der Waals surface area (Å²) in [6.45, 7) is 2.74. The van der Waals surface area contributed by atoms with Crippen LogP contribution in [-0.4, -0.2) is 29.0 Å². The number of hydrogen-bond acceptors (Lipinski definition) is 3. The Labute approximate surface area is 112 Å². The van der Waals surface area contributed by atoms with Crippen LogP contribution in [0.5, 0.6) is 0 Å². The molecule has 0 aliphatic carbocycles. The Morgan fingerprint density at radius 1 is 1.33 bits per heavy atom. The number of ether oxygens (including phenoxy) is 1. The lowest BCUT2D eigenvalue weighted by Gasteiger charge is -2.37. The van der Waals surface area contributed by atoms with Gasteiger partial charge in [0.25, 0.3) is 0 Å². The molecular weight excluding hydrogens is 250 g/mol. The van der Waals surface area contributed by atoms with Crippen LogP contribution in [0.2, 0.25) is 0 Å². The summed E-state index contributed by atoms with van der Waals surface area (Å²) >= 11 is 0. The Bertz CT molecular complexity index is 564. The number of fused-ring (bicyclic) bond motifs is 3. The van der Waals surface area contributed by atoms with E-state index in [1.54, 1.807) is 0 Å². The lowest BCUT2D eigenvalue weighted by Crippen LogP contribution is -2.49. The first-order valence-corrected chi connectivity index (χ1v) is 6.24. The highest BCUT2D eigenvalue weighted by atomic mass is 35.5. The van der Waals surface area contributed by atoms with E-state index < -0.39 is 0 Å². The van der Waals surface area contributed by atoms with Crippen molar-refractivity contribution in [1.29, 1.82) is 0 Å². The molecule has 0 saturated carbocycles. The minimum Gasteiger partial charge on any atom is -0.368 e. The van der Waals surface area contributed by atoms with Gasteiger partial charge in [-0.05, 0) is 19.0 Å². The van der Waals surface area contributed by atoms with Gasteiger partial charge in [-0.1, -0.05) is 18.2 Å². The van der Waals surface area contributed by atoms with Gasteiger partial charge in [0, 0.05) is 11.4 Å². The van der Waals surface area contributed by atoms with Crippen molar-refractivity contribution in [1.82, 2.24) is 15.1 Å². The fourth-order valence-corrected chi connectivity index (χ4v) is 2.79. The summed E-state index contributed by atoms with van der Waals surface area (Å²) in [5.74, 6) is 0. The second-order valence-electron chi connectivity index (χ2n) is 4.77. The van der Waals surface area contributed by atoms with Crippen molar-refractivity contribution in [2.75, 3.05) is 13.2 Å². The van der Waals surface area contributed by atoms with Gasteiger partial charge in [0.05, 0.1) is 24.4 Å². The van der Waals surface area contributed by atoms with E-state index in [9.17, 15) is 0 Å². The Balaban J connectivity index is 0.000001000. The summed E-state index contributed by atoms with van der Waals surface area (Å²) in [6.07, 6.45) is 1.37. The minimum atomic E-state index is 0. The zero-order valence-corrected chi connectivity index (χ0v) is 10.8. The van der Waals surface area contributed by atoms with Gasteiger partial charge in [0.1, 0.15) is 6.10 Å². The molecule has 4 nitrogen and oxygen atoms in total. The molecule has 3 heterocycles. The van der Waals surface area contributed by atoms with E-state index in [1.165, 1.54) is 17.5 Å². The van der Waals surface area contributed by atoms with Gasteiger partial charge in [-0.2, -0.15) is 5.10 Å². The maximum absolute atomic E-state index is 5.95. The first-order chi connectivity index (χ1) is 8.43. The maximum atomic E-state index is 5.95. The number of benzene rings is 1. The van der Waals surface area contributed by atoms with E-state index in [-0.39, 0.29) is 18.5 Å². The first kappa shape index (κ1) is 12.0. The van der Waals surface area contributed by atoms with Gasteiger partial charge in [-0.25, -0.2) is 0 Å². The van der Waals surface area contributed by atoms with Crippen LogP contribution in [0.1, 0.15) is 18.2 Å². The van der Waals surface area contributed by atoms with Crippen molar-refractivity contribution in [2.24, 2.45) is 0 Å². The highest BCUT2D eigenvalue weighted by molar-refractivity contribution is 5.85. The monoisotopic (exact) mass is 265 g/mol. The molecule has 2 aliphatic heterocycles. The largest absolute Gasteiger partial charge is 0.368 e. The average molecular weight is 266 g/mol. The molecule has 1 N–H and O–H groups in total. The summed E-state index contributed by atoms with van der Waals surface area (Å²) in [6, 6.07) is 8.80. The number of halogens is 1. The fraction of sp³-hybridized carbons (Fsp3) is 0.462. The van der Waals surface area contributed by atoms with Crippen molar-refractivity contribution in [3.8, 4) is 0 Å². The minimum absolute atomic E-state index is 0. The Hall–Kier alpha value is -1.10. The molecule has 0 bridgehead atoms. The summed E-state index contributed by atoms with van der Waals surface area (Å²) in [4.78, 5) is 0. The highest BCUT2D eigenvalue weighted by Crippen LogP contribution is 2.34. The molecule has 4 rings (SSSR count). The van der Waals surface area contributed by atoms with Gasteiger partial charge >= 0.3 is 0 Å². The zero-order chi connectivity index (χ0) is 11.2. The van der Waals surface area contributed by atoms with E-state index in [2.05, 4.69) is 33.3 Å². The van der Waals surface area contributed by atoms with Gasteiger partial charge in [0.15, 0.2) is 0 Å². The molecule has 2 aromatic rings. The Kier molecular flexibility index (Phi) is 3.01. The van der Waals surface area contributed by atoms with Crippen LogP contribution in [0.25, 0.3) is 10.9 Å². The third-order valence-electron chi connectivity index (χ3n) is 3.78. The predicted octanol–water partition coefficient (Wildman–Crippen LogP) is 1.89. The van der Waals surface area contributed by atoms with Crippen molar-refractivity contribution >= 4 is 23.3 Å². The van der Waals surface area contributed by atoms with Gasteiger partial charge in [-0.3, -0.25) is 4.68 Å². The van der Waals surface area contributed by atoms with Crippen LogP contribution >= 0.6 is 12.4 Å². The molecule has 0 radical (unpaired) electrons. The Morgan fingerprint density at radius 3 is 2.94 bits per heavy atom. The summed E-state index contributed by atoms with van der Waals surface area (Å²) in [7, 11) is 0. The SMILES string of the molecule is Cl.c1ccc2c3n(nc2c1)CCOC3[C@@H]1CCN1. The lowest BCUT2D eigenvalue weighted by atomic mass is 9.95. The second kappa shape index (κ2) is 4.53. The van der Waals surface area contributed by atoms with E-state index in [1.807, 2.05) is 6.07 Å². The molecule has 2 aliphatic rings. The first-order valence-electron chi connectivity index (χ1n) is 6.24. The third-order valence-corrected chi connectivity index (χ3v) is 3.78. The number of hydrogen-bond donors (Lipinski definition) is 1. The van der Waals surface area contributed by atoms with E-state index in [0.717, 1.165) is 25.2 Å². The molecule has 0 amide bonds. The number of aromatic nitrogens is 2. The van der Waals surface area contributed by atoms with Crippen molar-refractivity contribution in [2.45, 2.75) is 25.1 Å². The molecular formula is C13H16ClN3O. The van der Waals surface area contributed by atoms with Crippen LogP contribution in [0.15, 0.2) is 24.3 Å². The lowest BCUT2D eigenvalue weighted by molar-refractivity contribution is -0.0211. The smallest absolute Gasteiger partial charge is 0.115 e. The average Bonchev–Trinajstić information content (AvgIpc) is 2.66. The van der Waals surface area contributed by atoms with Crippen LogP contribution in [0.3, 0.4) is 0 Å². The van der Waals surface area contributed by atoms with Gasteiger partial charge < -0.3 is 10.1 Å². The summed E-state index contributed by atoms with van der Waals surface area (Å²) < 4.78 is 8.08. The van der Waals surface area contributed by atoms with E-state index in [0.29, 0.717) is 6.04 Å². The topological polar surface area (TPSA) is 39.1 Å². The highest BCUT2D eigenvalue weighted by Gasteiger charge is 2.34. The number of nitrogens with zero attached hydrogens (tertiary/aromatic N) is 2. The summed E-state index contributed by atoms with van der Waals surface area (Å²) in [5.41, 5.74) is 2.33. The normalized spacial score (nSPS) is 26.2. The molecule has 1 unspecified atom stereocenters. The zero-order valence-electron chi connectivity index (χ0n) is 10.0. The molecule has 0 spiro atoms. The molecule has 96 valence electrons. The fourth-order valence-electron chi connectivity index (χ4n) is 2.79. The second-order valence-corrected chi connectivity index (χ2v) is 4.77. The predicted molar refractivity (Wildman–Crippen MR) is 72.1 cm³/mol. The molecule has 1 saturated heterocycles. The van der Waals surface area contributed by atoms with Crippen LogP contribution in [0.4, 0.5) is 0 Å². The molecule has 18 heavy (non-hydrogen) atoms. The van der Waals surface area contributed by atoms with Crippen molar-refractivity contribution in [3.63, 3.8) is 0 Å². The molecule has 1 aromatic carbocycles. The van der Waals surface area contributed by atoms with Gasteiger partial charge in [0.2, 0.25) is 0 Å². The number of rotatable bonds is 1. The molecule has 2 atom stereocenters. The van der Waals surface area contributed by atoms with Crippen LogP contribution in [-0.2, 0) is 11.3 Å². The quantitative estimate of drug-likeness (QED) is 0.856. The number of nitrogens with one attached hydrogen (secondary N) is 1. The van der Waals surface area contributed by atoms with Crippen LogP contribution in [0, 0.1) is 0 Å². The Morgan fingerprint density at radius 2 is 2.17 bits per heavy atom. The molecule has 5 heteroatoms. The van der Waals surface area contributed by atoms with E-state index >= 15 is 0 Å². The molecule has 1 aromatic heterocycles. The maximum Gasteiger partial charge on any atom is 0.115 e. The van der Waals surface area contributed by atoms with Crippen LogP contribution < -0.4 is 5.32 Å². The van der Waals surface area contributed by atoms with E-state index in [4.69, 9.17) is 4.74 Å². The third kappa shape index (κ3) is 1.64. The van der Waals surface area contributed by atoms with Crippen molar-refractivity contribution in [3.05, 3.63) is 30.0 Å². The standard InChI is InChI=1S/C13H15N3O.ClH/c1-2-4-10-9(3-1)12-13(11-5-6-14-11)17-8-7-16(12)15-10;/h1-4,11,13-14H,5-8H2;1H/t11-,13?;/m0./s1. The molecule has 1 fully saturated rings. The van der Waals surface area contributed by atoms with Crippen molar-refractivity contribution < 1.29 is 4.74 Å².